The fourth-order valence-electron chi connectivity index (χ4n) is 1.65. The van der Waals surface area contributed by atoms with E-state index in [1.807, 2.05) is 0 Å². The average Bonchev–Trinajstić information content (AvgIpc) is 3.09. The molecule has 0 aliphatic carbocycles. The van der Waals surface area contributed by atoms with Crippen molar-refractivity contribution in [3.05, 3.63) is 27.5 Å². The van der Waals surface area contributed by atoms with Crippen LogP contribution in [0.4, 0.5) is 5.13 Å². The highest BCUT2D eigenvalue weighted by molar-refractivity contribution is 7.91. The maximum Gasteiger partial charge on any atom is 0.251 e. The molecule has 0 saturated carbocycles. The van der Waals surface area contributed by atoms with Crippen LogP contribution in [0.1, 0.15) is 17.9 Å². The predicted molar refractivity (Wildman–Crippen MR) is 90.7 cm³/mol. The van der Waals surface area contributed by atoms with E-state index >= 15 is 0 Å². The van der Waals surface area contributed by atoms with E-state index in [0.29, 0.717) is 4.34 Å². The molecule has 0 radical (unpaired) electrons. The van der Waals surface area contributed by atoms with Crippen molar-refractivity contribution < 1.29 is 17.9 Å². The van der Waals surface area contributed by atoms with Crippen LogP contribution < -0.4 is 10.0 Å². The Hall–Kier alpha value is -1.04. The van der Waals surface area contributed by atoms with E-state index in [1.54, 1.807) is 12.1 Å². The van der Waals surface area contributed by atoms with Crippen molar-refractivity contribution >= 4 is 55.3 Å². The van der Waals surface area contributed by atoms with Crippen LogP contribution in [0.15, 0.2) is 22.5 Å². The van der Waals surface area contributed by atoms with E-state index in [4.69, 9.17) is 16.3 Å². The molecule has 23 heavy (non-hydrogen) atoms. The Kier molecular flexibility index (Phi) is 6.12. The number of halogens is 1. The first kappa shape index (κ1) is 18.3. The first-order valence-corrected chi connectivity index (χ1v) is 9.82. The highest BCUT2D eigenvalue weighted by Crippen LogP contribution is 2.29. The smallest absolute Gasteiger partial charge is 0.251 e. The number of hydrogen-bond acceptors (Lipinski definition) is 7. The van der Waals surface area contributed by atoms with Crippen LogP contribution in [-0.2, 0) is 19.6 Å². The van der Waals surface area contributed by atoms with Crippen LogP contribution in [-0.4, -0.2) is 33.0 Å². The zero-order valence-corrected chi connectivity index (χ0v) is 15.4. The van der Waals surface area contributed by atoms with E-state index < -0.39 is 16.1 Å². The molecule has 2 aromatic rings. The Morgan fingerprint density at radius 3 is 2.74 bits per heavy atom. The number of amides is 1. The summed E-state index contributed by atoms with van der Waals surface area (Å²) in [5, 5.41) is 2.67. The molecule has 2 N–H and O–H groups in total. The lowest BCUT2D eigenvalue weighted by Gasteiger charge is -2.14. The van der Waals surface area contributed by atoms with Gasteiger partial charge in [-0.1, -0.05) is 22.9 Å². The zero-order chi connectivity index (χ0) is 17.0. The molecule has 0 saturated heterocycles. The molecule has 0 bridgehead atoms. The number of nitrogens with zero attached hydrogens (tertiary/aromatic N) is 1. The topological polar surface area (TPSA) is 97.4 Å². The van der Waals surface area contributed by atoms with Crippen LogP contribution in [0, 0.1) is 0 Å². The fourth-order valence-corrected chi connectivity index (χ4v) is 4.94. The van der Waals surface area contributed by atoms with Gasteiger partial charge in [0.05, 0.1) is 10.5 Å². The van der Waals surface area contributed by atoms with Crippen molar-refractivity contribution in [3.8, 4) is 0 Å². The second-order valence-corrected chi connectivity index (χ2v) is 9.15. The third-order valence-corrected chi connectivity index (χ3v) is 6.81. The number of carbonyl (C=O) groups is 1. The highest BCUT2D eigenvalue weighted by atomic mass is 35.5. The van der Waals surface area contributed by atoms with Crippen molar-refractivity contribution in [2.45, 2.75) is 17.2 Å². The summed E-state index contributed by atoms with van der Waals surface area (Å²) in [5.74, 6) is -0.315. The summed E-state index contributed by atoms with van der Waals surface area (Å²) in [6, 6.07) is 3.52. The molecular weight excluding hydrogens is 382 g/mol. The van der Waals surface area contributed by atoms with Crippen molar-refractivity contribution in [1.82, 2.24) is 9.71 Å². The number of hydrogen-bond donors (Lipinski definition) is 2. The maximum absolute atomic E-state index is 12.3. The van der Waals surface area contributed by atoms with Crippen LogP contribution >= 0.6 is 34.3 Å². The highest BCUT2D eigenvalue weighted by Gasteiger charge is 2.21. The van der Waals surface area contributed by atoms with E-state index in [-0.39, 0.29) is 21.8 Å². The SMILES string of the molecule is COC(CNS(=O)(=O)c1cnc(NC(C)=O)s1)c1ccc(Cl)s1. The zero-order valence-electron chi connectivity index (χ0n) is 12.2. The number of methoxy groups -OCH3 is 1. The Bertz CT molecular complexity index is 787. The molecule has 2 aromatic heterocycles. The average molecular weight is 396 g/mol. The number of carbonyl (C=O) groups excluding carboxylic acids is 1. The second kappa shape index (κ2) is 7.69. The Morgan fingerprint density at radius 2 is 2.17 bits per heavy atom. The molecule has 2 heterocycles. The quantitative estimate of drug-likeness (QED) is 0.750. The van der Waals surface area contributed by atoms with Gasteiger partial charge < -0.3 is 10.1 Å². The van der Waals surface area contributed by atoms with Gasteiger partial charge in [-0.2, -0.15) is 0 Å². The lowest BCUT2D eigenvalue weighted by Crippen LogP contribution is -2.28. The third-order valence-electron chi connectivity index (χ3n) is 2.69. The summed E-state index contributed by atoms with van der Waals surface area (Å²) < 4.78 is 32.9. The fraction of sp³-hybridized carbons (Fsp3) is 0.333. The van der Waals surface area contributed by atoms with Crippen LogP contribution in [0.2, 0.25) is 4.34 Å². The number of nitrogens with one attached hydrogen (secondary N) is 2. The van der Waals surface area contributed by atoms with E-state index in [9.17, 15) is 13.2 Å². The summed E-state index contributed by atoms with van der Waals surface area (Å²) >= 11 is 8.08. The molecule has 2 rings (SSSR count). The minimum Gasteiger partial charge on any atom is -0.375 e. The Labute approximate surface area is 146 Å². The largest absolute Gasteiger partial charge is 0.375 e. The third kappa shape index (κ3) is 4.96. The summed E-state index contributed by atoms with van der Waals surface area (Å²) in [6.07, 6.45) is 0.757. The molecule has 0 aliphatic rings. The van der Waals surface area contributed by atoms with Crippen molar-refractivity contribution in [1.29, 1.82) is 0 Å². The molecule has 0 aliphatic heterocycles. The van der Waals surface area contributed by atoms with Crippen molar-refractivity contribution in [3.63, 3.8) is 0 Å². The Morgan fingerprint density at radius 1 is 1.43 bits per heavy atom. The summed E-state index contributed by atoms with van der Waals surface area (Å²) in [6.45, 7) is 1.38. The van der Waals surface area contributed by atoms with E-state index in [1.165, 1.54) is 31.6 Å². The van der Waals surface area contributed by atoms with Gasteiger partial charge in [0.25, 0.3) is 10.0 Å². The number of rotatable bonds is 7. The van der Waals surface area contributed by atoms with Crippen LogP contribution in [0.3, 0.4) is 0 Å². The lowest BCUT2D eigenvalue weighted by atomic mass is 10.3. The minimum absolute atomic E-state index is 0.0142. The van der Waals surface area contributed by atoms with Gasteiger partial charge in [-0.15, -0.1) is 11.3 Å². The lowest BCUT2D eigenvalue weighted by molar-refractivity contribution is -0.114. The molecule has 1 atom stereocenters. The second-order valence-electron chi connectivity index (χ2n) is 4.38. The number of sulfonamides is 1. The molecule has 1 amide bonds. The van der Waals surface area contributed by atoms with Gasteiger partial charge in [-0.3, -0.25) is 4.79 Å². The molecule has 0 fully saturated rings. The van der Waals surface area contributed by atoms with Crippen molar-refractivity contribution in [2.75, 3.05) is 19.0 Å². The normalized spacial score (nSPS) is 13.0. The van der Waals surface area contributed by atoms with Crippen LogP contribution in [0.5, 0.6) is 0 Å². The van der Waals surface area contributed by atoms with Gasteiger partial charge >= 0.3 is 0 Å². The maximum atomic E-state index is 12.3. The van der Waals surface area contributed by atoms with Gasteiger partial charge in [0.2, 0.25) is 5.91 Å². The Balaban J connectivity index is 2.05. The first-order valence-electron chi connectivity index (χ1n) is 6.33. The standard InChI is InChI=1S/C12H14ClN3O4S3/c1-7(17)16-12-14-6-11(22-12)23(18,19)15-5-8(20-2)9-3-4-10(13)21-9/h3-4,6,8,15H,5H2,1-2H3,(H,14,16,17). The molecule has 1 unspecified atom stereocenters. The summed E-state index contributed by atoms with van der Waals surface area (Å²) in [4.78, 5) is 15.6. The molecular formula is C12H14ClN3O4S3. The summed E-state index contributed by atoms with van der Waals surface area (Å²) in [7, 11) is -2.24. The van der Waals surface area contributed by atoms with Gasteiger partial charge in [0.15, 0.2) is 9.34 Å². The monoisotopic (exact) mass is 395 g/mol. The van der Waals surface area contributed by atoms with Crippen molar-refractivity contribution in [2.24, 2.45) is 0 Å². The number of thiophene rings is 1. The molecule has 0 aromatic carbocycles. The summed E-state index contributed by atoms with van der Waals surface area (Å²) in [5.41, 5.74) is 0. The van der Waals surface area contributed by atoms with Gasteiger partial charge in [0, 0.05) is 25.5 Å². The number of thiazole rings is 1. The van der Waals surface area contributed by atoms with Gasteiger partial charge in [-0.05, 0) is 12.1 Å². The van der Waals surface area contributed by atoms with E-state index in [2.05, 4.69) is 15.0 Å². The van der Waals surface area contributed by atoms with Gasteiger partial charge in [0.1, 0.15) is 6.10 Å². The van der Waals surface area contributed by atoms with Gasteiger partial charge in [-0.25, -0.2) is 18.1 Å². The molecule has 126 valence electrons. The van der Waals surface area contributed by atoms with E-state index in [0.717, 1.165) is 16.2 Å². The molecule has 11 heteroatoms. The first-order chi connectivity index (χ1) is 10.8. The van der Waals surface area contributed by atoms with Crippen LogP contribution in [0.25, 0.3) is 0 Å². The number of aromatic nitrogens is 1. The minimum atomic E-state index is -3.74. The number of ether oxygens (including phenoxy) is 1. The number of anilines is 1. The molecule has 0 spiro atoms. The molecule has 7 nitrogen and oxygen atoms in total. The predicted octanol–water partition coefficient (Wildman–Crippen LogP) is 2.48.